The zero-order valence-electron chi connectivity index (χ0n) is 11.0. The van der Waals surface area contributed by atoms with Gasteiger partial charge in [-0.25, -0.2) is 4.98 Å². The van der Waals surface area contributed by atoms with Gasteiger partial charge in [0.25, 0.3) is 0 Å². The maximum absolute atomic E-state index is 4.46. The fraction of sp³-hybridized carbons (Fsp3) is 0.643. The Bertz CT molecular complexity index is 647. The second-order valence-corrected chi connectivity index (χ2v) is 6.37. The normalized spacial score (nSPS) is 38.7. The van der Waals surface area contributed by atoms with Gasteiger partial charge in [0.1, 0.15) is 5.82 Å². The number of hydrogen-bond donors (Lipinski definition) is 1. The summed E-state index contributed by atoms with van der Waals surface area (Å²) in [6.07, 6.45) is 8.14. The van der Waals surface area contributed by atoms with Gasteiger partial charge in [0.15, 0.2) is 5.82 Å². The molecular formula is C14H17N5. The van der Waals surface area contributed by atoms with Crippen molar-refractivity contribution in [2.24, 2.45) is 23.7 Å². The van der Waals surface area contributed by atoms with E-state index >= 15 is 0 Å². The van der Waals surface area contributed by atoms with Crippen LogP contribution in [0.25, 0.3) is 5.65 Å². The van der Waals surface area contributed by atoms with Crippen molar-refractivity contribution in [3.63, 3.8) is 0 Å². The SMILES string of the molecule is Cc1nnc2c(NC3C4C5CCC(C5)C34)nccn12. The first-order valence-corrected chi connectivity index (χ1v) is 7.26. The summed E-state index contributed by atoms with van der Waals surface area (Å²) in [6.45, 7) is 1.97. The van der Waals surface area contributed by atoms with Crippen molar-refractivity contribution < 1.29 is 0 Å². The fourth-order valence-corrected chi connectivity index (χ4v) is 4.72. The summed E-state index contributed by atoms with van der Waals surface area (Å²) in [5.74, 6) is 5.59. The largest absolute Gasteiger partial charge is 0.364 e. The Hall–Kier alpha value is -1.65. The van der Waals surface area contributed by atoms with Gasteiger partial charge in [-0.2, -0.15) is 0 Å². The molecule has 0 radical (unpaired) electrons. The van der Waals surface area contributed by atoms with Crippen LogP contribution in [0.5, 0.6) is 0 Å². The first-order chi connectivity index (χ1) is 9.33. The second-order valence-electron chi connectivity index (χ2n) is 6.37. The van der Waals surface area contributed by atoms with E-state index in [0.717, 1.165) is 41.0 Å². The Morgan fingerprint density at radius 3 is 2.79 bits per heavy atom. The van der Waals surface area contributed by atoms with Crippen LogP contribution < -0.4 is 5.32 Å². The number of anilines is 1. The molecular weight excluding hydrogens is 238 g/mol. The lowest BCUT2D eigenvalue weighted by Crippen LogP contribution is -2.14. The van der Waals surface area contributed by atoms with Crippen molar-refractivity contribution in [3.8, 4) is 0 Å². The molecule has 3 aliphatic carbocycles. The zero-order chi connectivity index (χ0) is 12.6. The Balaban J connectivity index is 1.48. The van der Waals surface area contributed by atoms with Crippen LogP contribution in [-0.2, 0) is 0 Å². The first kappa shape index (κ1) is 10.2. The molecule has 2 heterocycles. The zero-order valence-corrected chi connectivity index (χ0v) is 11.0. The summed E-state index contributed by atoms with van der Waals surface area (Å²) < 4.78 is 2.00. The van der Waals surface area contributed by atoms with Gasteiger partial charge in [-0.05, 0) is 49.9 Å². The molecule has 0 aliphatic heterocycles. The molecule has 2 aromatic heterocycles. The molecule has 0 spiro atoms. The molecule has 5 nitrogen and oxygen atoms in total. The molecule has 98 valence electrons. The van der Waals surface area contributed by atoms with E-state index in [1.165, 1.54) is 19.3 Å². The highest BCUT2D eigenvalue weighted by Crippen LogP contribution is 2.66. The van der Waals surface area contributed by atoms with E-state index in [1.54, 1.807) is 0 Å². The average Bonchev–Trinajstić information content (AvgIpc) is 2.82. The number of nitrogens with zero attached hydrogens (tertiary/aromatic N) is 4. The highest BCUT2D eigenvalue weighted by atomic mass is 15.3. The van der Waals surface area contributed by atoms with Gasteiger partial charge < -0.3 is 5.32 Å². The number of aryl methyl sites for hydroxylation is 1. The molecule has 19 heavy (non-hydrogen) atoms. The standard InChI is InChI=1S/C14H17N5/c1-7-17-18-14-13(15-4-5-19(7)14)16-12-10-8-2-3-9(6-8)11(10)12/h4-5,8-12H,2-3,6H2,1H3,(H,15,16). The summed E-state index contributed by atoms with van der Waals surface area (Å²) >= 11 is 0. The Morgan fingerprint density at radius 2 is 2.00 bits per heavy atom. The van der Waals surface area contributed by atoms with Crippen molar-refractivity contribution in [1.82, 2.24) is 19.6 Å². The summed E-state index contributed by atoms with van der Waals surface area (Å²) in [5.41, 5.74) is 0.859. The third-order valence-electron chi connectivity index (χ3n) is 5.54. The van der Waals surface area contributed by atoms with Crippen LogP contribution in [0.15, 0.2) is 12.4 Å². The minimum Gasteiger partial charge on any atom is -0.364 e. The van der Waals surface area contributed by atoms with Crippen LogP contribution in [0, 0.1) is 30.6 Å². The monoisotopic (exact) mass is 255 g/mol. The third-order valence-corrected chi connectivity index (χ3v) is 5.54. The lowest BCUT2D eigenvalue weighted by atomic mass is 10.0. The fourth-order valence-electron chi connectivity index (χ4n) is 4.72. The number of aromatic nitrogens is 4. The molecule has 3 fully saturated rings. The number of rotatable bonds is 2. The number of hydrogen-bond acceptors (Lipinski definition) is 4. The quantitative estimate of drug-likeness (QED) is 0.890. The van der Waals surface area contributed by atoms with Crippen LogP contribution in [0.2, 0.25) is 0 Å². The second kappa shape index (κ2) is 3.26. The molecule has 4 atom stereocenters. The topological polar surface area (TPSA) is 55.1 Å². The summed E-state index contributed by atoms with van der Waals surface area (Å²) in [4.78, 5) is 4.46. The van der Waals surface area contributed by atoms with Gasteiger partial charge in [-0.15, -0.1) is 10.2 Å². The smallest absolute Gasteiger partial charge is 0.203 e. The maximum Gasteiger partial charge on any atom is 0.203 e. The summed E-state index contributed by atoms with van der Waals surface area (Å²) in [7, 11) is 0. The van der Waals surface area contributed by atoms with Crippen LogP contribution in [-0.4, -0.2) is 25.6 Å². The van der Waals surface area contributed by atoms with Crippen molar-refractivity contribution in [1.29, 1.82) is 0 Å². The number of fused-ring (bicyclic) bond motifs is 6. The van der Waals surface area contributed by atoms with E-state index in [4.69, 9.17) is 0 Å². The molecule has 3 aliphatic rings. The van der Waals surface area contributed by atoms with Crippen LogP contribution >= 0.6 is 0 Å². The summed E-state index contributed by atoms with van der Waals surface area (Å²) in [5, 5.41) is 12.0. The van der Waals surface area contributed by atoms with E-state index in [-0.39, 0.29) is 0 Å². The van der Waals surface area contributed by atoms with E-state index < -0.39 is 0 Å². The maximum atomic E-state index is 4.46. The molecule has 3 saturated carbocycles. The van der Waals surface area contributed by atoms with Gasteiger partial charge in [-0.1, -0.05) is 0 Å². The Morgan fingerprint density at radius 1 is 1.21 bits per heavy atom. The molecule has 1 N–H and O–H groups in total. The minimum absolute atomic E-state index is 0.641. The summed E-state index contributed by atoms with van der Waals surface area (Å²) in [6, 6.07) is 0.641. The Labute approximate surface area is 111 Å². The minimum atomic E-state index is 0.641. The average molecular weight is 255 g/mol. The molecule has 4 unspecified atom stereocenters. The predicted molar refractivity (Wildman–Crippen MR) is 70.7 cm³/mol. The van der Waals surface area contributed by atoms with Gasteiger partial charge in [0.05, 0.1) is 0 Å². The van der Waals surface area contributed by atoms with Gasteiger partial charge in [0.2, 0.25) is 5.65 Å². The van der Waals surface area contributed by atoms with Gasteiger partial charge >= 0.3 is 0 Å². The van der Waals surface area contributed by atoms with Gasteiger partial charge in [-0.3, -0.25) is 4.40 Å². The molecule has 0 saturated heterocycles. The molecule has 0 aromatic carbocycles. The van der Waals surface area contributed by atoms with E-state index in [2.05, 4.69) is 20.5 Å². The Kier molecular flexibility index (Phi) is 1.75. The van der Waals surface area contributed by atoms with Gasteiger partial charge in [0, 0.05) is 18.4 Å². The highest BCUT2D eigenvalue weighted by molar-refractivity contribution is 5.63. The van der Waals surface area contributed by atoms with Crippen molar-refractivity contribution in [3.05, 3.63) is 18.2 Å². The molecule has 0 amide bonds. The highest BCUT2D eigenvalue weighted by Gasteiger charge is 2.65. The van der Waals surface area contributed by atoms with E-state index in [1.807, 2.05) is 23.7 Å². The molecule has 2 bridgehead atoms. The van der Waals surface area contributed by atoms with Crippen LogP contribution in [0.3, 0.4) is 0 Å². The number of nitrogens with one attached hydrogen (secondary N) is 1. The van der Waals surface area contributed by atoms with E-state index in [0.29, 0.717) is 6.04 Å². The third kappa shape index (κ3) is 1.23. The first-order valence-electron chi connectivity index (χ1n) is 7.26. The molecule has 2 aromatic rings. The lowest BCUT2D eigenvalue weighted by Gasteiger charge is -2.11. The predicted octanol–water partition coefficient (Wildman–Crippen LogP) is 1.89. The van der Waals surface area contributed by atoms with Crippen molar-refractivity contribution in [2.75, 3.05) is 5.32 Å². The van der Waals surface area contributed by atoms with Crippen molar-refractivity contribution >= 4 is 11.5 Å². The van der Waals surface area contributed by atoms with Crippen LogP contribution in [0.4, 0.5) is 5.82 Å². The van der Waals surface area contributed by atoms with Crippen LogP contribution in [0.1, 0.15) is 25.1 Å². The lowest BCUT2D eigenvalue weighted by molar-refractivity contribution is 0.456. The molecule has 5 heteroatoms. The van der Waals surface area contributed by atoms with Crippen molar-refractivity contribution in [2.45, 2.75) is 32.2 Å². The molecule has 5 rings (SSSR count). The van der Waals surface area contributed by atoms with E-state index in [9.17, 15) is 0 Å².